The van der Waals surface area contributed by atoms with E-state index in [2.05, 4.69) is 10.3 Å². The number of aromatic hydroxyl groups is 1. The van der Waals surface area contributed by atoms with Crippen LogP contribution in [0, 0.1) is 0 Å². The number of rotatable bonds is 7. The number of aliphatic imine (C=N–C) groups is 1. The number of nitrogens with zero attached hydrogens (tertiary/aromatic N) is 2. The fourth-order valence-electron chi connectivity index (χ4n) is 3.65. The molecule has 3 aromatic carbocycles. The summed E-state index contributed by atoms with van der Waals surface area (Å²) in [6.45, 7) is 0.196. The van der Waals surface area contributed by atoms with Crippen molar-refractivity contribution in [3.63, 3.8) is 0 Å². The Morgan fingerprint density at radius 1 is 1.00 bits per heavy atom. The van der Waals surface area contributed by atoms with Crippen LogP contribution in [0.15, 0.2) is 77.8 Å². The quantitative estimate of drug-likeness (QED) is 0.275. The Labute approximate surface area is 202 Å². The molecule has 0 radical (unpaired) electrons. The third-order valence-electron chi connectivity index (χ3n) is 5.53. The molecule has 0 fully saturated rings. The highest BCUT2D eigenvalue weighted by molar-refractivity contribution is 6.22. The molecule has 4 aromatic rings. The van der Waals surface area contributed by atoms with Gasteiger partial charge in [-0.05, 0) is 36.4 Å². The van der Waals surface area contributed by atoms with E-state index >= 15 is 0 Å². The number of benzene rings is 3. The van der Waals surface area contributed by atoms with E-state index in [9.17, 15) is 14.7 Å². The second kappa shape index (κ2) is 10.1. The summed E-state index contributed by atoms with van der Waals surface area (Å²) in [4.78, 5) is 33.1. The maximum Gasteiger partial charge on any atom is 0.337 e. The fraction of sp³-hybridized carbons (Fsp3) is 0.148. The molecule has 0 aliphatic carbocycles. The van der Waals surface area contributed by atoms with Gasteiger partial charge in [0.05, 0.1) is 36.2 Å². The summed E-state index contributed by atoms with van der Waals surface area (Å²) in [5.74, 6) is -0.533. The normalized spacial score (nSPS) is 11.3. The molecule has 8 heteroatoms. The number of methoxy groups -OCH3 is 1. The molecule has 1 aromatic heterocycles. The highest BCUT2D eigenvalue weighted by Crippen LogP contribution is 2.32. The van der Waals surface area contributed by atoms with Crippen LogP contribution in [0.4, 0.5) is 11.4 Å². The molecule has 0 unspecified atom stereocenters. The van der Waals surface area contributed by atoms with E-state index in [0.717, 1.165) is 16.6 Å². The number of likely N-dealkylation sites (N-methyl/N-ethyl adjacent to an activating group) is 1. The molecule has 0 atom stereocenters. The molecule has 4 rings (SSSR count). The summed E-state index contributed by atoms with van der Waals surface area (Å²) >= 11 is 0. The topological polar surface area (TPSA) is 107 Å². The summed E-state index contributed by atoms with van der Waals surface area (Å²) in [7, 11) is 4.75. The Balaban J connectivity index is 1.74. The van der Waals surface area contributed by atoms with Crippen molar-refractivity contribution in [3.05, 3.63) is 89.5 Å². The van der Waals surface area contributed by atoms with Crippen molar-refractivity contribution in [2.45, 2.75) is 0 Å². The Morgan fingerprint density at radius 2 is 1.71 bits per heavy atom. The number of esters is 1. The van der Waals surface area contributed by atoms with Crippen molar-refractivity contribution in [1.29, 1.82) is 0 Å². The number of hydrogen-bond donors (Lipinski definition) is 3. The Kier molecular flexibility index (Phi) is 6.82. The Bertz CT molecular complexity index is 1390. The van der Waals surface area contributed by atoms with Crippen molar-refractivity contribution in [2.75, 3.05) is 33.1 Å². The molecule has 1 heterocycles. The van der Waals surface area contributed by atoms with Gasteiger partial charge in [-0.2, -0.15) is 0 Å². The lowest BCUT2D eigenvalue weighted by Crippen LogP contribution is -2.28. The van der Waals surface area contributed by atoms with E-state index in [-0.39, 0.29) is 18.3 Å². The first kappa shape index (κ1) is 23.6. The number of nitrogens with one attached hydrogen (secondary N) is 2. The van der Waals surface area contributed by atoms with Gasteiger partial charge in [0.25, 0.3) is 0 Å². The van der Waals surface area contributed by atoms with Gasteiger partial charge in [-0.15, -0.1) is 0 Å². The van der Waals surface area contributed by atoms with Crippen LogP contribution < -0.4 is 5.32 Å². The monoisotopic (exact) mass is 470 g/mol. The van der Waals surface area contributed by atoms with Crippen LogP contribution in [-0.4, -0.2) is 60.3 Å². The lowest BCUT2D eigenvalue weighted by atomic mass is 10.00. The molecule has 8 nitrogen and oxygen atoms in total. The van der Waals surface area contributed by atoms with Crippen molar-refractivity contribution >= 4 is 39.9 Å². The van der Waals surface area contributed by atoms with Crippen LogP contribution in [0.1, 0.15) is 21.5 Å². The largest absolute Gasteiger partial charge is 0.494 e. The number of aromatic nitrogens is 1. The maximum atomic E-state index is 11.9. The molecule has 1 amide bonds. The summed E-state index contributed by atoms with van der Waals surface area (Å²) in [5, 5.41) is 14.7. The van der Waals surface area contributed by atoms with Crippen LogP contribution in [0.5, 0.6) is 5.88 Å². The van der Waals surface area contributed by atoms with Crippen LogP contribution in [0.3, 0.4) is 0 Å². The third kappa shape index (κ3) is 5.16. The lowest BCUT2D eigenvalue weighted by Gasteiger charge is -2.12. The molecule has 178 valence electrons. The van der Waals surface area contributed by atoms with Gasteiger partial charge in [-0.25, -0.2) is 9.79 Å². The number of amides is 1. The molecular weight excluding hydrogens is 444 g/mol. The van der Waals surface area contributed by atoms with Crippen LogP contribution in [0.2, 0.25) is 0 Å². The molecule has 0 spiro atoms. The van der Waals surface area contributed by atoms with Crippen molar-refractivity contribution in [1.82, 2.24) is 9.88 Å². The number of carbonyl (C=O) groups excluding carboxylic acids is 2. The number of aromatic amines is 1. The van der Waals surface area contributed by atoms with Gasteiger partial charge >= 0.3 is 5.97 Å². The van der Waals surface area contributed by atoms with E-state index in [1.807, 2.05) is 54.6 Å². The average molecular weight is 471 g/mol. The minimum absolute atomic E-state index is 0.0244. The zero-order chi connectivity index (χ0) is 24.9. The van der Waals surface area contributed by atoms with Crippen molar-refractivity contribution < 1.29 is 19.4 Å². The Hall–Kier alpha value is -4.59. The van der Waals surface area contributed by atoms with Gasteiger partial charge in [-0.3, -0.25) is 4.79 Å². The van der Waals surface area contributed by atoms with E-state index in [1.165, 1.54) is 12.0 Å². The van der Waals surface area contributed by atoms with Crippen molar-refractivity contribution in [3.8, 4) is 5.88 Å². The number of H-pyrrole nitrogens is 1. The summed E-state index contributed by atoms with van der Waals surface area (Å²) in [5.41, 5.74) is 4.36. The first-order chi connectivity index (χ1) is 16.9. The standard InChI is InChI=1S/C27H26N4O4/c1-31(2)23(32)16-28-19-10-12-20(13-11-19)29-25(17-7-5-4-6-8-17)24-21-14-9-18(27(34)35-3)15-22(21)30-26(24)33/h4-15,28,30,33H,16H2,1-3H3. The van der Waals surface area contributed by atoms with E-state index in [1.54, 1.807) is 32.3 Å². The number of fused-ring (bicyclic) bond motifs is 1. The Morgan fingerprint density at radius 3 is 2.37 bits per heavy atom. The predicted molar refractivity (Wildman–Crippen MR) is 137 cm³/mol. The van der Waals surface area contributed by atoms with Gasteiger partial charge in [0.15, 0.2) is 5.88 Å². The highest BCUT2D eigenvalue weighted by Gasteiger charge is 2.20. The number of hydrogen-bond acceptors (Lipinski definition) is 6. The lowest BCUT2D eigenvalue weighted by molar-refractivity contribution is -0.126. The smallest absolute Gasteiger partial charge is 0.337 e. The van der Waals surface area contributed by atoms with E-state index in [4.69, 9.17) is 9.73 Å². The molecule has 3 N–H and O–H groups in total. The second-order valence-electron chi connectivity index (χ2n) is 8.12. The first-order valence-corrected chi connectivity index (χ1v) is 11.0. The van der Waals surface area contributed by atoms with Crippen LogP contribution >= 0.6 is 0 Å². The molecule has 35 heavy (non-hydrogen) atoms. The minimum Gasteiger partial charge on any atom is -0.494 e. The van der Waals surface area contributed by atoms with Gasteiger partial charge in [-0.1, -0.05) is 36.4 Å². The number of carbonyl (C=O) groups is 2. The average Bonchev–Trinajstić information content (AvgIpc) is 3.21. The molecule has 0 aliphatic heterocycles. The molecule has 0 bridgehead atoms. The number of anilines is 1. The van der Waals surface area contributed by atoms with Gasteiger partial charge in [0.1, 0.15) is 0 Å². The van der Waals surface area contributed by atoms with Gasteiger partial charge < -0.3 is 25.0 Å². The second-order valence-corrected chi connectivity index (χ2v) is 8.12. The molecule has 0 saturated heterocycles. The van der Waals surface area contributed by atoms with Gasteiger partial charge in [0, 0.05) is 36.2 Å². The highest BCUT2D eigenvalue weighted by atomic mass is 16.5. The maximum absolute atomic E-state index is 11.9. The zero-order valence-electron chi connectivity index (χ0n) is 19.7. The molecule has 0 aliphatic rings. The van der Waals surface area contributed by atoms with E-state index in [0.29, 0.717) is 28.0 Å². The molecule has 0 saturated carbocycles. The van der Waals surface area contributed by atoms with Crippen molar-refractivity contribution in [2.24, 2.45) is 4.99 Å². The fourth-order valence-corrected chi connectivity index (χ4v) is 3.65. The summed E-state index contributed by atoms with van der Waals surface area (Å²) in [6.07, 6.45) is 0. The predicted octanol–water partition coefficient (Wildman–Crippen LogP) is 4.33. The van der Waals surface area contributed by atoms with E-state index < -0.39 is 5.97 Å². The minimum atomic E-state index is -0.458. The third-order valence-corrected chi connectivity index (χ3v) is 5.53. The van der Waals surface area contributed by atoms with Crippen LogP contribution in [-0.2, 0) is 9.53 Å². The van der Waals surface area contributed by atoms with Gasteiger partial charge in [0.2, 0.25) is 5.91 Å². The SMILES string of the molecule is COC(=O)c1ccc2c(C(=Nc3ccc(NCC(=O)N(C)C)cc3)c3ccccc3)c(O)[nH]c2c1. The van der Waals surface area contributed by atoms with Crippen LogP contribution in [0.25, 0.3) is 10.9 Å². The molecular formula is C27H26N4O4. The summed E-state index contributed by atoms with van der Waals surface area (Å²) < 4.78 is 4.80. The summed E-state index contributed by atoms with van der Waals surface area (Å²) in [6, 6.07) is 22.0. The number of ether oxygens (including phenoxy) is 1. The first-order valence-electron chi connectivity index (χ1n) is 11.0. The zero-order valence-corrected chi connectivity index (χ0v) is 19.7.